The summed E-state index contributed by atoms with van der Waals surface area (Å²) in [6.07, 6.45) is 1.04. The van der Waals surface area contributed by atoms with Crippen molar-refractivity contribution in [1.82, 2.24) is 4.90 Å². The molecule has 0 radical (unpaired) electrons. The molecule has 3 aromatic rings. The smallest absolute Gasteiger partial charge is 0.0367 e. The molecule has 1 aliphatic heterocycles. The van der Waals surface area contributed by atoms with Gasteiger partial charge in [0.15, 0.2) is 0 Å². The molecule has 0 bridgehead atoms. The Labute approximate surface area is 162 Å². The van der Waals surface area contributed by atoms with Gasteiger partial charge in [-0.3, -0.25) is 4.90 Å². The van der Waals surface area contributed by atoms with E-state index in [4.69, 9.17) is 5.73 Å². The minimum Gasteiger partial charge on any atom is -0.399 e. The van der Waals surface area contributed by atoms with E-state index in [-0.39, 0.29) is 0 Å². The lowest BCUT2D eigenvalue weighted by molar-refractivity contribution is 0.167. The predicted octanol–water partition coefficient (Wildman–Crippen LogP) is 4.20. The van der Waals surface area contributed by atoms with Crippen LogP contribution in [0.1, 0.15) is 11.1 Å². The van der Waals surface area contributed by atoms with Crippen LogP contribution in [0.3, 0.4) is 0 Å². The molecule has 0 aliphatic carbocycles. The summed E-state index contributed by atoms with van der Waals surface area (Å²) < 4.78 is 0. The molecule has 0 unspecified atom stereocenters. The van der Waals surface area contributed by atoms with Gasteiger partial charge in [0.25, 0.3) is 0 Å². The summed E-state index contributed by atoms with van der Waals surface area (Å²) in [5.41, 5.74) is 10.7. The van der Waals surface area contributed by atoms with Gasteiger partial charge in [-0.1, -0.05) is 60.7 Å². The first-order chi connectivity index (χ1) is 13.3. The van der Waals surface area contributed by atoms with Crippen LogP contribution in [-0.2, 0) is 13.0 Å². The first-order valence-electron chi connectivity index (χ1n) is 9.70. The number of nitrogens with two attached hydrogens (primary N) is 1. The molecule has 0 saturated carbocycles. The standard InChI is InChI=1S/C24H27N3/c25-22-13-11-20(12-14-22)17-24-19-27(23-9-5-2-6-10-23)16-15-26(24)18-21-7-3-1-4-8-21/h1-14,24H,15-19,25H2/t24-/m1/s1. The third kappa shape index (κ3) is 4.50. The molecule has 4 rings (SSSR count). The minimum absolute atomic E-state index is 0.475. The second-order valence-corrected chi connectivity index (χ2v) is 7.34. The lowest BCUT2D eigenvalue weighted by atomic mass is 10.0. The molecule has 3 nitrogen and oxygen atoms in total. The summed E-state index contributed by atoms with van der Waals surface area (Å²) >= 11 is 0. The maximum Gasteiger partial charge on any atom is 0.0367 e. The number of anilines is 2. The summed E-state index contributed by atoms with van der Waals surface area (Å²) in [5, 5.41) is 0. The van der Waals surface area contributed by atoms with Crippen molar-refractivity contribution in [2.45, 2.75) is 19.0 Å². The highest BCUT2D eigenvalue weighted by Gasteiger charge is 2.27. The van der Waals surface area contributed by atoms with Gasteiger partial charge in [0.05, 0.1) is 0 Å². The average Bonchev–Trinajstić information content (AvgIpc) is 2.72. The molecule has 138 valence electrons. The van der Waals surface area contributed by atoms with Gasteiger partial charge in [0, 0.05) is 43.6 Å². The maximum atomic E-state index is 5.87. The highest BCUT2D eigenvalue weighted by atomic mass is 15.3. The summed E-state index contributed by atoms with van der Waals surface area (Å²) in [4.78, 5) is 5.15. The normalized spacial score (nSPS) is 17.8. The molecular formula is C24H27N3. The number of benzene rings is 3. The van der Waals surface area contributed by atoms with Gasteiger partial charge in [-0.05, 0) is 41.8 Å². The molecule has 0 amide bonds. The van der Waals surface area contributed by atoms with E-state index in [0.29, 0.717) is 6.04 Å². The predicted molar refractivity (Wildman–Crippen MR) is 114 cm³/mol. The van der Waals surface area contributed by atoms with Crippen molar-refractivity contribution in [1.29, 1.82) is 0 Å². The Hall–Kier alpha value is -2.78. The lowest BCUT2D eigenvalue weighted by Gasteiger charge is -2.42. The van der Waals surface area contributed by atoms with Crippen molar-refractivity contribution in [3.05, 3.63) is 96.1 Å². The van der Waals surface area contributed by atoms with Crippen LogP contribution in [0.25, 0.3) is 0 Å². The molecule has 1 saturated heterocycles. The van der Waals surface area contributed by atoms with E-state index in [1.54, 1.807) is 0 Å². The Balaban J connectivity index is 1.53. The van der Waals surface area contributed by atoms with E-state index in [1.807, 2.05) is 12.1 Å². The Morgan fingerprint density at radius 3 is 2.11 bits per heavy atom. The summed E-state index contributed by atoms with van der Waals surface area (Å²) in [6.45, 7) is 4.18. The first-order valence-corrected chi connectivity index (χ1v) is 9.70. The van der Waals surface area contributed by atoms with Crippen LogP contribution in [0.2, 0.25) is 0 Å². The zero-order valence-electron chi connectivity index (χ0n) is 15.7. The van der Waals surface area contributed by atoms with E-state index in [1.165, 1.54) is 16.8 Å². The van der Waals surface area contributed by atoms with Crippen LogP contribution in [0.15, 0.2) is 84.9 Å². The van der Waals surface area contributed by atoms with Crippen LogP contribution >= 0.6 is 0 Å². The lowest BCUT2D eigenvalue weighted by Crippen LogP contribution is -2.53. The molecule has 1 aliphatic rings. The topological polar surface area (TPSA) is 32.5 Å². The third-order valence-electron chi connectivity index (χ3n) is 5.41. The SMILES string of the molecule is Nc1ccc(C[C@@H]2CN(c3ccccc3)CCN2Cc2ccccc2)cc1. The number of piperazine rings is 1. The summed E-state index contributed by atoms with van der Waals surface area (Å²) in [6, 6.07) is 30.4. The van der Waals surface area contributed by atoms with Crippen LogP contribution in [0, 0.1) is 0 Å². The van der Waals surface area contributed by atoms with Gasteiger partial charge in [-0.15, -0.1) is 0 Å². The van der Waals surface area contributed by atoms with Crippen molar-refractivity contribution in [3.8, 4) is 0 Å². The fourth-order valence-corrected chi connectivity index (χ4v) is 3.91. The van der Waals surface area contributed by atoms with E-state index < -0.39 is 0 Å². The fourth-order valence-electron chi connectivity index (χ4n) is 3.91. The van der Waals surface area contributed by atoms with Gasteiger partial charge in [-0.25, -0.2) is 0 Å². The van der Waals surface area contributed by atoms with Crippen molar-refractivity contribution < 1.29 is 0 Å². The van der Waals surface area contributed by atoms with Crippen LogP contribution in [0.4, 0.5) is 11.4 Å². The second kappa shape index (κ2) is 8.28. The van der Waals surface area contributed by atoms with Gasteiger partial charge in [0.2, 0.25) is 0 Å². The monoisotopic (exact) mass is 357 g/mol. The van der Waals surface area contributed by atoms with Crippen LogP contribution in [0.5, 0.6) is 0 Å². The van der Waals surface area contributed by atoms with Crippen molar-refractivity contribution in [3.63, 3.8) is 0 Å². The Morgan fingerprint density at radius 1 is 0.741 bits per heavy atom. The quantitative estimate of drug-likeness (QED) is 0.695. The van der Waals surface area contributed by atoms with Crippen molar-refractivity contribution in [2.75, 3.05) is 30.3 Å². The highest BCUT2D eigenvalue weighted by molar-refractivity contribution is 5.47. The van der Waals surface area contributed by atoms with Gasteiger partial charge < -0.3 is 10.6 Å². The van der Waals surface area contributed by atoms with Crippen LogP contribution < -0.4 is 10.6 Å². The molecule has 2 N–H and O–H groups in total. The fraction of sp³-hybridized carbons (Fsp3) is 0.250. The summed E-state index contributed by atoms with van der Waals surface area (Å²) in [5.74, 6) is 0. The molecule has 27 heavy (non-hydrogen) atoms. The number of hydrogen-bond donors (Lipinski definition) is 1. The number of rotatable bonds is 5. The zero-order chi connectivity index (χ0) is 18.5. The molecular weight excluding hydrogens is 330 g/mol. The second-order valence-electron chi connectivity index (χ2n) is 7.34. The third-order valence-corrected chi connectivity index (χ3v) is 5.41. The van der Waals surface area contributed by atoms with Gasteiger partial charge in [-0.2, -0.15) is 0 Å². The Morgan fingerprint density at radius 2 is 1.41 bits per heavy atom. The molecule has 1 fully saturated rings. The number of nitrogen functional groups attached to an aromatic ring is 1. The van der Waals surface area contributed by atoms with E-state index >= 15 is 0 Å². The molecule has 0 aromatic heterocycles. The van der Waals surface area contributed by atoms with Gasteiger partial charge in [0.1, 0.15) is 0 Å². The maximum absolute atomic E-state index is 5.87. The zero-order valence-corrected chi connectivity index (χ0v) is 15.7. The number of hydrogen-bond acceptors (Lipinski definition) is 3. The number of nitrogens with zero attached hydrogens (tertiary/aromatic N) is 2. The summed E-state index contributed by atoms with van der Waals surface area (Å²) in [7, 11) is 0. The van der Waals surface area contributed by atoms with Crippen molar-refractivity contribution in [2.24, 2.45) is 0 Å². The molecule has 3 heteroatoms. The Kier molecular flexibility index (Phi) is 5.40. The minimum atomic E-state index is 0.475. The van der Waals surface area contributed by atoms with Crippen LogP contribution in [-0.4, -0.2) is 30.6 Å². The van der Waals surface area contributed by atoms with E-state index in [0.717, 1.165) is 38.3 Å². The first kappa shape index (κ1) is 17.6. The molecule has 1 atom stereocenters. The molecule has 3 aromatic carbocycles. The number of para-hydroxylation sites is 1. The van der Waals surface area contributed by atoms with Crippen molar-refractivity contribution >= 4 is 11.4 Å². The van der Waals surface area contributed by atoms with Gasteiger partial charge >= 0.3 is 0 Å². The molecule has 1 heterocycles. The van der Waals surface area contributed by atoms with E-state index in [9.17, 15) is 0 Å². The highest BCUT2D eigenvalue weighted by Crippen LogP contribution is 2.23. The van der Waals surface area contributed by atoms with E-state index in [2.05, 4.69) is 82.6 Å². The largest absolute Gasteiger partial charge is 0.399 e. The Bertz CT molecular complexity index is 831. The molecule has 0 spiro atoms. The average molecular weight is 358 g/mol.